The van der Waals surface area contributed by atoms with Crippen LogP contribution in [-0.4, -0.2) is 64.2 Å². The minimum absolute atomic E-state index is 0.0311. The molecule has 0 saturated carbocycles. The zero-order chi connectivity index (χ0) is 15.3. The molecule has 4 atom stereocenters. The van der Waals surface area contributed by atoms with Gasteiger partial charge in [-0.1, -0.05) is 6.92 Å². The fourth-order valence-electron chi connectivity index (χ4n) is 1.91. The maximum Gasteiger partial charge on any atom is 0.223 e. The van der Waals surface area contributed by atoms with Crippen LogP contribution in [0.25, 0.3) is 0 Å². The second-order valence-corrected chi connectivity index (χ2v) is 4.61. The smallest absolute Gasteiger partial charge is 0.223 e. The molecule has 7 nitrogen and oxygen atoms in total. The summed E-state index contributed by atoms with van der Waals surface area (Å²) in [4.78, 5) is 33.3. The van der Waals surface area contributed by atoms with E-state index in [2.05, 4.69) is 0 Å². The molecule has 4 unspecified atom stereocenters. The number of Topliss-reactive ketones (excluding diaryl/α,β-unsaturated/α-hetero) is 2. The molecule has 0 aliphatic carbocycles. The Kier molecular flexibility index (Phi) is 6.15. The van der Waals surface area contributed by atoms with Gasteiger partial charge >= 0.3 is 0 Å². The number of rotatable bonds is 6. The zero-order valence-electron chi connectivity index (χ0n) is 11.1. The van der Waals surface area contributed by atoms with Crippen molar-refractivity contribution >= 4 is 17.9 Å². The van der Waals surface area contributed by atoms with Crippen molar-refractivity contribution in [2.24, 2.45) is 0 Å². The first kappa shape index (κ1) is 16.6. The van der Waals surface area contributed by atoms with Crippen molar-refractivity contribution in [2.75, 3.05) is 6.61 Å². The number of aliphatic hydroxyl groups is 3. The van der Waals surface area contributed by atoms with E-state index in [9.17, 15) is 29.7 Å². The van der Waals surface area contributed by atoms with E-state index in [0.29, 0.717) is 0 Å². The molecule has 1 aliphatic heterocycles. The molecule has 1 saturated heterocycles. The Morgan fingerprint density at radius 1 is 1.50 bits per heavy atom. The van der Waals surface area contributed by atoms with Crippen molar-refractivity contribution in [3.05, 3.63) is 11.6 Å². The first-order valence-corrected chi connectivity index (χ1v) is 6.29. The number of hydrogen-bond donors (Lipinski definition) is 3. The monoisotopic (exact) mass is 286 g/mol. The maximum absolute atomic E-state index is 11.6. The standard InChI is InChI=1S/C13H18O7/c1-2-9(16)10(17)4-8(12(19)5-14)13-11(18)3-7(15)6-20-13/h4-5,9-11,13,16-18H,2-3,6H2,1H3/b8-4+. The Hall–Kier alpha value is -1.41. The lowest BCUT2D eigenvalue weighted by molar-refractivity contribution is -0.141. The van der Waals surface area contributed by atoms with Crippen LogP contribution in [0.2, 0.25) is 0 Å². The van der Waals surface area contributed by atoms with Crippen molar-refractivity contribution in [2.45, 2.75) is 44.2 Å². The Balaban J connectivity index is 3.00. The largest absolute Gasteiger partial charge is 0.390 e. The highest BCUT2D eigenvalue weighted by Gasteiger charge is 2.34. The number of aldehydes is 1. The molecule has 0 aromatic rings. The number of ether oxygens (including phenoxy) is 1. The normalized spacial score (nSPS) is 27.0. The van der Waals surface area contributed by atoms with Crippen molar-refractivity contribution < 1.29 is 34.4 Å². The summed E-state index contributed by atoms with van der Waals surface area (Å²) >= 11 is 0. The molecule has 0 aromatic carbocycles. The molecule has 0 aromatic heterocycles. The van der Waals surface area contributed by atoms with Gasteiger partial charge in [-0.15, -0.1) is 0 Å². The number of ketones is 2. The van der Waals surface area contributed by atoms with E-state index in [4.69, 9.17) is 4.74 Å². The lowest BCUT2D eigenvalue weighted by Crippen LogP contribution is -2.42. The van der Waals surface area contributed by atoms with Gasteiger partial charge in [0, 0.05) is 12.0 Å². The van der Waals surface area contributed by atoms with Crippen LogP contribution in [-0.2, 0) is 19.1 Å². The highest BCUT2D eigenvalue weighted by molar-refractivity contribution is 6.33. The molecule has 112 valence electrons. The first-order chi connectivity index (χ1) is 9.40. The SMILES string of the molecule is CCC(O)C(O)/C=C(\C(=O)C=O)C1OCC(=O)CC1O. The third-order valence-corrected chi connectivity index (χ3v) is 3.07. The lowest BCUT2D eigenvalue weighted by Gasteiger charge is -2.28. The average Bonchev–Trinajstić information content (AvgIpc) is 2.43. The van der Waals surface area contributed by atoms with E-state index >= 15 is 0 Å². The third kappa shape index (κ3) is 4.04. The summed E-state index contributed by atoms with van der Waals surface area (Å²) in [5.41, 5.74) is -0.250. The minimum Gasteiger partial charge on any atom is -0.390 e. The molecule has 1 rings (SSSR count). The first-order valence-electron chi connectivity index (χ1n) is 6.29. The second kappa shape index (κ2) is 7.39. The van der Waals surface area contributed by atoms with Crippen LogP contribution < -0.4 is 0 Å². The number of hydrogen-bond acceptors (Lipinski definition) is 7. The number of carbonyl (C=O) groups excluding carboxylic acids is 3. The fraction of sp³-hybridized carbons (Fsp3) is 0.615. The van der Waals surface area contributed by atoms with Crippen LogP contribution in [0.3, 0.4) is 0 Å². The molecule has 1 fully saturated rings. The highest BCUT2D eigenvalue weighted by Crippen LogP contribution is 2.20. The van der Waals surface area contributed by atoms with Gasteiger partial charge < -0.3 is 20.1 Å². The van der Waals surface area contributed by atoms with Gasteiger partial charge in [0.15, 0.2) is 12.1 Å². The van der Waals surface area contributed by atoms with Gasteiger partial charge in [0.2, 0.25) is 5.78 Å². The Labute approximate surface area is 115 Å². The van der Waals surface area contributed by atoms with Gasteiger partial charge in [0.25, 0.3) is 0 Å². The van der Waals surface area contributed by atoms with E-state index in [1.165, 1.54) is 0 Å². The molecule has 1 aliphatic rings. The molecule has 0 amide bonds. The van der Waals surface area contributed by atoms with Crippen LogP contribution in [0, 0.1) is 0 Å². The minimum atomic E-state index is -1.37. The Morgan fingerprint density at radius 2 is 2.15 bits per heavy atom. The summed E-state index contributed by atoms with van der Waals surface area (Å²) in [6.45, 7) is 1.35. The average molecular weight is 286 g/mol. The molecule has 0 bridgehead atoms. The summed E-state index contributed by atoms with van der Waals surface area (Å²) in [5, 5.41) is 29.0. The van der Waals surface area contributed by atoms with Gasteiger partial charge in [0.1, 0.15) is 12.7 Å². The quantitative estimate of drug-likeness (QED) is 0.309. The van der Waals surface area contributed by atoms with Crippen LogP contribution in [0.4, 0.5) is 0 Å². The van der Waals surface area contributed by atoms with Crippen molar-refractivity contribution in [3.8, 4) is 0 Å². The topological polar surface area (TPSA) is 121 Å². The van der Waals surface area contributed by atoms with Gasteiger partial charge in [-0.25, -0.2) is 0 Å². The molecule has 7 heteroatoms. The molecule has 0 spiro atoms. The Morgan fingerprint density at radius 3 is 2.65 bits per heavy atom. The van der Waals surface area contributed by atoms with Crippen LogP contribution in [0.15, 0.2) is 11.6 Å². The van der Waals surface area contributed by atoms with Gasteiger partial charge in [-0.05, 0) is 12.5 Å². The lowest BCUT2D eigenvalue weighted by atomic mass is 9.93. The van der Waals surface area contributed by atoms with Crippen molar-refractivity contribution in [3.63, 3.8) is 0 Å². The van der Waals surface area contributed by atoms with Crippen molar-refractivity contribution in [1.29, 1.82) is 0 Å². The van der Waals surface area contributed by atoms with E-state index in [0.717, 1.165) is 6.08 Å². The second-order valence-electron chi connectivity index (χ2n) is 4.61. The molecular weight excluding hydrogens is 268 g/mol. The summed E-state index contributed by atoms with van der Waals surface area (Å²) in [6.07, 6.45) is -3.83. The highest BCUT2D eigenvalue weighted by atomic mass is 16.5. The van der Waals surface area contributed by atoms with Gasteiger partial charge in [-0.2, -0.15) is 0 Å². The zero-order valence-corrected chi connectivity index (χ0v) is 11.1. The molecule has 3 N–H and O–H groups in total. The molecule has 0 radical (unpaired) electrons. The maximum atomic E-state index is 11.6. The van der Waals surface area contributed by atoms with Gasteiger partial charge in [0.05, 0.1) is 18.3 Å². The Bertz CT molecular complexity index is 415. The summed E-state index contributed by atoms with van der Waals surface area (Å²) < 4.78 is 5.06. The molecule has 1 heterocycles. The number of aliphatic hydroxyl groups excluding tert-OH is 3. The summed E-state index contributed by atoms with van der Waals surface area (Å²) in [5.74, 6) is -1.29. The number of carbonyl (C=O) groups is 3. The summed E-state index contributed by atoms with van der Waals surface area (Å²) in [6, 6.07) is 0. The van der Waals surface area contributed by atoms with E-state index in [-0.39, 0.29) is 37.1 Å². The van der Waals surface area contributed by atoms with Crippen LogP contribution in [0.1, 0.15) is 19.8 Å². The van der Waals surface area contributed by atoms with E-state index in [1.54, 1.807) is 6.92 Å². The predicted molar refractivity (Wildman–Crippen MR) is 66.8 cm³/mol. The predicted octanol–water partition coefficient (Wildman–Crippen LogP) is -1.47. The van der Waals surface area contributed by atoms with Crippen LogP contribution in [0.5, 0.6) is 0 Å². The fourth-order valence-corrected chi connectivity index (χ4v) is 1.91. The van der Waals surface area contributed by atoms with Crippen molar-refractivity contribution in [1.82, 2.24) is 0 Å². The molecule has 20 heavy (non-hydrogen) atoms. The van der Waals surface area contributed by atoms with Gasteiger partial charge in [-0.3, -0.25) is 14.4 Å². The third-order valence-electron chi connectivity index (χ3n) is 3.07. The van der Waals surface area contributed by atoms with Crippen LogP contribution >= 0.6 is 0 Å². The van der Waals surface area contributed by atoms with E-state index < -0.39 is 30.2 Å². The van der Waals surface area contributed by atoms with E-state index in [1.807, 2.05) is 0 Å². The molecular formula is C13H18O7. The summed E-state index contributed by atoms with van der Waals surface area (Å²) in [7, 11) is 0.